The molecule has 0 saturated carbocycles. The molecular formula is C2H5F3NaO4P. The van der Waals surface area contributed by atoms with Crippen molar-refractivity contribution in [1.29, 1.82) is 0 Å². The molecule has 0 aliphatic carbocycles. The standard InChI is InChI=1S/C2H4F3O4P.Na.H/c3-2(4,5)1-9-10(6,7)8;;/h1H2,(H2,6,7,8);;/q;+1;-1. The molecule has 2 N–H and O–H groups in total. The Bertz CT molecular complexity index is 157. The molecule has 0 unspecified atom stereocenters. The summed E-state index contributed by atoms with van der Waals surface area (Å²) >= 11 is 0. The molecule has 0 heterocycles. The van der Waals surface area contributed by atoms with E-state index in [9.17, 15) is 17.7 Å². The summed E-state index contributed by atoms with van der Waals surface area (Å²) in [7, 11) is -4.98. The molecule has 0 aromatic rings. The van der Waals surface area contributed by atoms with E-state index < -0.39 is 20.6 Å². The molecule has 0 aromatic heterocycles. The summed E-state index contributed by atoms with van der Waals surface area (Å²) in [5.74, 6) is 0. The van der Waals surface area contributed by atoms with Crippen LogP contribution in [-0.4, -0.2) is 22.6 Å². The van der Waals surface area contributed by atoms with E-state index in [1.807, 2.05) is 0 Å². The summed E-state index contributed by atoms with van der Waals surface area (Å²) in [6.45, 7) is -1.93. The molecule has 0 aliphatic rings. The van der Waals surface area contributed by atoms with Gasteiger partial charge in [-0.15, -0.1) is 0 Å². The first-order valence-electron chi connectivity index (χ1n) is 1.97. The molecule has 0 amide bonds. The minimum absolute atomic E-state index is 0. The van der Waals surface area contributed by atoms with E-state index >= 15 is 0 Å². The number of phosphoric acid groups is 1. The molecule has 64 valence electrons. The Balaban J connectivity index is -0.000000405. The van der Waals surface area contributed by atoms with Crippen LogP contribution in [0.25, 0.3) is 0 Å². The third-order valence-electron chi connectivity index (χ3n) is 0.396. The van der Waals surface area contributed by atoms with Crippen LogP contribution in [0.3, 0.4) is 0 Å². The van der Waals surface area contributed by atoms with E-state index in [0.29, 0.717) is 0 Å². The minimum Gasteiger partial charge on any atom is -1.00 e. The predicted molar refractivity (Wildman–Crippen MR) is 25.2 cm³/mol. The van der Waals surface area contributed by atoms with Crippen LogP contribution in [0.4, 0.5) is 13.2 Å². The van der Waals surface area contributed by atoms with E-state index in [-0.39, 0.29) is 31.0 Å². The molecule has 0 radical (unpaired) electrons. The molecule has 0 aliphatic heterocycles. The van der Waals surface area contributed by atoms with Crippen LogP contribution < -0.4 is 29.6 Å². The first kappa shape index (κ1) is 14.4. The number of phosphoric ester groups is 1. The van der Waals surface area contributed by atoms with Crippen molar-refractivity contribution in [2.24, 2.45) is 0 Å². The van der Waals surface area contributed by atoms with Crippen molar-refractivity contribution >= 4 is 7.82 Å². The van der Waals surface area contributed by atoms with Crippen molar-refractivity contribution < 1.29 is 63.0 Å². The van der Waals surface area contributed by atoms with E-state index in [2.05, 4.69) is 4.52 Å². The van der Waals surface area contributed by atoms with Gasteiger partial charge in [0, 0.05) is 0 Å². The van der Waals surface area contributed by atoms with Crippen molar-refractivity contribution in [2.75, 3.05) is 6.61 Å². The summed E-state index contributed by atoms with van der Waals surface area (Å²) in [6, 6.07) is 0. The van der Waals surface area contributed by atoms with Crippen molar-refractivity contribution in [1.82, 2.24) is 0 Å². The van der Waals surface area contributed by atoms with Gasteiger partial charge in [-0.1, -0.05) is 0 Å². The second kappa shape index (κ2) is 4.81. The number of rotatable bonds is 2. The van der Waals surface area contributed by atoms with Crippen LogP contribution >= 0.6 is 7.82 Å². The summed E-state index contributed by atoms with van der Waals surface area (Å²) in [6.07, 6.45) is -4.71. The van der Waals surface area contributed by atoms with Gasteiger partial charge in [-0.25, -0.2) is 4.57 Å². The van der Waals surface area contributed by atoms with E-state index in [1.54, 1.807) is 0 Å². The Morgan fingerprint density at radius 1 is 1.45 bits per heavy atom. The van der Waals surface area contributed by atoms with Gasteiger partial charge in [0.2, 0.25) is 0 Å². The normalized spacial score (nSPS) is 12.5. The van der Waals surface area contributed by atoms with Crippen LogP contribution in [0.15, 0.2) is 0 Å². The van der Waals surface area contributed by atoms with Crippen LogP contribution in [0.2, 0.25) is 0 Å². The SMILES string of the molecule is O=P(O)(O)OCC(F)(F)F.[H-].[Na+]. The molecule has 0 aromatic carbocycles. The predicted octanol–water partition coefficient (Wildman–Crippen LogP) is -2.23. The van der Waals surface area contributed by atoms with E-state index in [0.717, 1.165) is 0 Å². The second-order valence-electron chi connectivity index (χ2n) is 1.38. The molecule has 4 nitrogen and oxygen atoms in total. The number of hydrogen-bond donors (Lipinski definition) is 2. The molecule has 0 spiro atoms. The summed E-state index contributed by atoms with van der Waals surface area (Å²) < 4.78 is 46.1. The Morgan fingerprint density at radius 2 is 1.82 bits per heavy atom. The summed E-state index contributed by atoms with van der Waals surface area (Å²) in [5, 5.41) is 0. The van der Waals surface area contributed by atoms with Gasteiger partial charge in [-0.05, 0) is 0 Å². The van der Waals surface area contributed by atoms with Crippen molar-refractivity contribution in [3.05, 3.63) is 0 Å². The van der Waals surface area contributed by atoms with Gasteiger partial charge >= 0.3 is 43.6 Å². The third-order valence-corrected chi connectivity index (χ3v) is 0.862. The first-order valence-corrected chi connectivity index (χ1v) is 3.50. The van der Waals surface area contributed by atoms with Gasteiger partial charge in [-0.3, -0.25) is 4.52 Å². The Labute approximate surface area is 83.8 Å². The van der Waals surface area contributed by atoms with Crippen molar-refractivity contribution in [3.8, 4) is 0 Å². The molecule has 0 bridgehead atoms. The molecule has 0 rings (SSSR count). The van der Waals surface area contributed by atoms with Gasteiger partial charge in [-0.2, -0.15) is 13.2 Å². The third kappa shape index (κ3) is 13.8. The van der Waals surface area contributed by atoms with E-state index in [1.165, 1.54) is 0 Å². The number of alkyl halides is 3. The molecular weight excluding hydrogens is 199 g/mol. The van der Waals surface area contributed by atoms with Gasteiger partial charge in [0.25, 0.3) is 0 Å². The molecule has 0 atom stereocenters. The zero-order chi connectivity index (χ0) is 8.41. The average molecular weight is 204 g/mol. The van der Waals surface area contributed by atoms with Gasteiger partial charge < -0.3 is 11.2 Å². The van der Waals surface area contributed by atoms with Crippen LogP contribution in [0.5, 0.6) is 0 Å². The quantitative estimate of drug-likeness (QED) is 0.394. The molecule has 0 fully saturated rings. The van der Waals surface area contributed by atoms with Crippen LogP contribution in [0.1, 0.15) is 1.43 Å². The number of hydrogen-bond acceptors (Lipinski definition) is 2. The van der Waals surface area contributed by atoms with Crippen molar-refractivity contribution in [2.45, 2.75) is 6.18 Å². The topological polar surface area (TPSA) is 66.8 Å². The fraction of sp³-hybridized carbons (Fsp3) is 1.00. The Morgan fingerprint density at radius 3 is 1.91 bits per heavy atom. The fourth-order valence-electron chi connectivity index (χ4n) is 0.157. The molecule has 11 heavy (non-hydrogen) atoms. The van der Waals surface area contributed by atoms with Crippen LogP contribution in [0, 0.1) is 0 Å². The molecule has 0 saturated heterocycles. The monoisotopic (exact) mass is 204 g/mol. The summed E-state index contributed by atoms with van der Waals surface area (Å²) in [5.41, 5.74) is 0. The summed E-state index contributed by atoms with van der Waals surface area (Å²) in [4.78, 5) is 15.5. The Kier molecular flexibility index (Phi) is 6.31. The van der Waals surface area contributed by atoms with Gasteiger partial charge in [0.15, 0.2) is 6.61 Å². The van der Waals surface area contributed by atoms with E-state index in [4.69, 9.17) is 9.79 Å². The van der Waals surface area contributed by atoms with Crippen molar-refractivity contribution in [3.63, 3.8) is 0 Å². The maximum absolute atomic E-state index is 11.1. The first-order chi connectivity index (χ1) is 4.21. The Hall–Kier alpha value is 0.900. The van der Waals surface area contributed by atoms with Crippen LogP contribution in [-0.2, 0) is 9.09 Å². The molecule has 9 heteroatoms. The maximum Gasteiger partial charge on any atom is 1.00 e. The zero-order valence-electron chi connectivity index (χ0n) is 6.50. The number of halogens is 3. The second-order valence-corrected chi connectivity index (χ2v) is 2.62. The van der Waals surface area contributed by atoms with Gasteiger partial charge in [0.05, 0.1) is 0 Å². The van der Waals surface area contributed by atoms with Gasteiger partial charge in [0.1, 0.15) is 0 Å². The minimum atomic E-state index is -4.98. The average Bonchev–Trinajstić information content (AvgIpc) is 1.57. The maximum atomic E-state index is 11.1. The smallest absolute Gasteiger partial charge is 1.00 e. The zero-order valence-corrected chi connectivity index (χ0v) is 8.39. The largest absolute Gasteiger partial charge is 1.00 e. The fourth-order valence-corrected chi connectivity index (χ4v) is 0.472.